The van der Waals surface area contributed by atoms with Crippen molar-refractivity contribution in [1.82, 2.24) is 10.4 Å². The molecule has 8 nitrogen and oxygen atoms in total. The van der Waals surface area contributed by atoms with E-state index in [2.05, 4.69) is 10.4 Å². The number of non-ortho nitro benzene ring substituents is 1. The number of nitrogens with zero attached hydrogens (tertiary/aromatic N) is 3. The zero-order chi connectivity index (χ0) is 23.2. The summed E-state index contributed by atoms with van der Waals surface area (Å²) in [5.74, 6) is -0.838. The van der Waals surface area contributed by atoms with Crippen molar-refractivity contribution in [2.24, 2.45) is 4.99 Å². The molecular formula is C24H18N4O4S. The quantitative estimate of drug-likeness (QED) is 0.333. The predicted molar refractivity (Wildman–Crippen MR) is 127 cm³/mol. The fourth-order valence-corrected chi connectivity index (χ4v) is 4.03. The highest BCUT2D eigenvalue weighted by Crippen LogP contribution is 2.33. The monoisotopic (exact) mass is 458 g/mol. The summed E-state index contributed by atoms with van der Waals surface area (Å²) < 4.78 is 0. The zero-order valence-electron chi connectivity index (χ0n) is 17.3. The van der Waals surface area contributed by atoms with Crippen LogP contribution in [0.5, 0.6) is 0 Å². The van der Waals surface area contributed by atoms with E-state index in [0.717, 1.165) is 22.3 Å². The lowest BCUT2D eigenvalue weighted by atomic mass is 10.1. The topological polar surface area (TPSA) is 105 Å². The van der Waals surface area contributed by atoms with Gasteiger partial charge in [-0.3, -0.25) is 25.1 Å². The zero-order valence-corrected chi connectivity index (χ0v) is 18.1. The van der Waals surface area contributed by atoms with Gasteiger partial charge in [0.25, 0.3) is 11.6 Å². The van der Waals surface area contributed by atoms with Crippen LogP contribution in [0.15, 0.2) is 94.8 Å². The summed E-state index contributed by atoms with van der Waals surface area (Å²) in [7, 11) is 0. The van der Waals surface area contributed by atoms with Gasteiger partial charge in [-0.15, -0.1) is 0 Å². The molecule has 0 bridgehead atoms. The molecule has 2 amide bonds. The smallest absolute Gasteiger partial charge is 0.273 e. The van der Waals surface area contributed by atoms with Gasteiger partial charge in [0.05, 0.1) is 21.9 Å². The summed E-state index contributed by atoms with van der Waals surface area (Å²) in [5.41, 5.74) is 4.48. The maximum Gasteiger partial charge on any atom is 0.285 e. The van der Waals surface area contributed by atoms with Crippen LogP contribution in [0, 0.1) is 10.1 Å². The van der Waals surface area contributed by atoms with Crippen molar-refractivity contribution in [2.75, 3.05) is 0 Å². The molecule has 0 aliphatic carbocycles. The molecule has 0 spiro atoms. The number of nitro groups is 1. The standard InChI is InChI=1S/C24H18N4O4S/c29-22(16-17-8-3-1-4-9-17)26-27-23(30)21(15-18-10-7-13-20(14-18)28(31)32)33-24(27)25-19-11-5-2-6-12-19/h1-15H,16H2,(H,26,29)/b21-15+,25-24?. The van der Waals surface area contributed by atoms with Crippen molar-refractivity contribution < 1.29 is 14.5 Å². The highest BCUT2D eigenvalue weighted by atomic mass is 32.2. The van der Waals surface area contributed by atoms with Gasteiger partial charge in [0.2, 0.25) is 5.91 Å². The van der Waals surface area contributed by atoms with Gasteiger partial charge in [-0.1, -0.05) is 60.7 Å². The molecule has 1 saturated heterocycles. The van der Waals surface area contributed by atoms with E-state index < -0.39 is 10.8 Å². The molecule has 4 rings (SSSR count). The third-order valence-corrected chi connectivity index (χ3v) is 5.58. The molecule has 0 saturated carbocycles. The molecule has 1 aliphatic rings. The Morgan fingerprint density at radius 2 is 1.73 bits per heavy atom. The third kappa shape index (κ3) is 5.52. The Morgan fingerprint density at radius 1 is 1.03 bits per heavy atom. The van der Waals surface area contributed by atoms with E-state index >= 15 is 0 Å². The van der Waals surface area contributed by atoms with Crippen LogP contribution < -0.4 is 5.43 Å². The second kappa shape index (κ2) is 9.92. The lowest BCUT2D eigenvalue weighted by Crippen LogP contribution is -2.46. The maximum absolute atomic E-state index is 13.1. The van der Waals surface area contributed by atoms with E-state index in [-0.39, 0.29) is 28.1 Å². The number of hydrazine groups is 1. The Labute approximate surface area is 193 Å². The number of para-hydroxylation sites is 1. The van der Waals surface area contributed by atoms with Crippen LogP contribution in [0.4, 0.5) is 11.4 Å². The highest BCUT2D eigenvalue weighted by Gasteiger charge is 2.35. The van der Waals surface area contributed by atoms with Gasteiger partial charge in [-0.05, 0) is 41.1 Å². The molecule has 1 heterocycles. The molecule has 0 atom stereocenters. The predicted octanol–water partition coefficient (Wildman–Crippen LogP) is 4.47. The van der Waals surface area contributed by atoms with Gasteiger partial charge in [0.1, 0.15) is 0 Å². The number of amides is 2. The van der Waals surface area contributed by atoms with Crippen molar-refractivity contribution in [3.63, 3.8) is 0 Å². The van der Waals surface area contributed by atoms with Gasteiger partial charge in [0.15, 0.2) is 5.17 Å². The molecule has 9 heteroatoms. The Balaban J connectivity index is 1.63. The lowest BCUT2D eigenvalue weighted by molar-refractivity contribution is -0.384. The molecule has 164 valence electrons. The first-order valence-electron chi connectivity index (χ1n) is 9.95. The molecule has 0 radical (unpaired) electrons. The third-order valence-electron chi connectivity index (χ3n) is 4.61. The van der Waals surface area contributed by atoms with Crippen LogP contribution in [0.2, 0.25) is 0 Å². The van der Waals surface area contributed by atoms with E-state index in [4.69, 9.17) is 0 Å². The fourth-order valence-electron chi connectivity index (χ4n) is 3.09. The number of nitro benzene ring substituents is 1. The largest absolute Gasteiger partial charge is 0.285 e. The second-order valence-corrected chi connectivity index (χ2v) is 8.04. The van der Waals surface area contributed by atoms with Crippen LogP contribution in [0.1, 0.15) is 11.1 Å². The number of rotatable bonds is 6. The number of aliphatic imine (C=N–C) groups is 1. The van der Waals surface area contributed by atoms with Crippen LogP contribution in [0.3, 0.4) is 0 Å². The van der Waals surface area contributed by atoms with Gasteiger partial charge in [-0.2, -0.15) is 5.01 Å². The molecule has 1 fully saturated rings. The van der Waals surface area contributed by atoms with Crippen molar-refractivity contribution in [3.05, 3.63) is 111 Å². The fraction of sp³-hybridized carbons (Fsp3) is 0.0417. The average molecular weight is 458 g/mol. The summed E-state index contributed by atoms with van der Waals surface area (Å²) >= 11 is 1.08. The van der Waals surface area contributed by atoms with Crippen molar-refractivity contribution >= 4 is 46.2 Å². The van der Waals surface area contributed by atoms with E-state index in [1.54, 1.807) is 30.3 Å². The number of nitrogens with one attached hydrogen (secondary N) is 1. The minimum absolute atomic E-state index is 0.0778. The number of carbonyl (C=O) groups is 2. The summed E-state index contributed by atoms with van der Waals surface area (Å²) in [5, 5.41) is 12.5. The summed E-state index contributed by atoms with van der Waals surface area (Å²) in [6.07, 6.45) is 1.64. The van der Waals surface area contributed by atoms with E-state index in [9.17, 15) is 19.7 Å². The number of amidine groups is 1. The Kier molecular flexibility index (Phi) is 6.61. The van der Waals surface area contributed by atoms with Crippen LogP contribution in [0.25, 0.3) is 6.08 Å². The Morgan fingerprint density at radius 3 is 2.42 bits per heavy atom. The first kappa shape index (κ1) is 22.0. The van der Waals surface area contributed by atoms with Crippen molar-refractivity contribution in [3.8, 4) is 0 Å². The average Bonchev–Trinajstić information content (AvgIpc) is 3.09. The van der Waals surface area contributed by atoms with Gasteiger partial charge in [0, 0.05) is 12.1 Å². The highest BCUT2D eigenvalue weighted by molar-refractivity contribution is 8.18. The molecular weight excluding hydrogens is 440 g/mol. The van der Waals surface area contributed by atoms with Crippen LogP contribution in [-0.2, 0) is 16.0 Å². The SMILES string of the molecule is O=C(Cc1ccccc1)NN1C(=O)/C(=C\c2cccc([N+](=O)[O-])c2)SC1=Nc1ccccc1. The van der Waals surface area contributed by atoms with Crippen molar-refractivity contribution in [1.29, 1.82) is 0 Å². The first-order valence-corrected chi connectivity index (χ1v) is 10.8. The number of thioether (sulfide) groups is 1. The molecule has 33 heavy (non-hydrogen) atoms. The lowest BCUT2D eigenvalue weighted by Gasteiger charge is -2.16. The summed E-state index contributed by atoms with van der Waals surface area (Å²) in [6, 6.07) is 24.2. The molecule has 3 aromatic rings. The molecule has 0 unspecified atom stereocenters. The van der Waals surface area contributed by atoms with Gasteiger partial charge < -0.3 is 0 Å². The van der Waals surface area contributed by atoms with E-state index in [0.29, 0.717) is 11.3 Å². The number of hydrogen-bond donors (Lipinski definition) is 1. The van der Waals surface area contributed by atoms with E-state index in [1.165, 1.54) is 12.1 Å². The molecule has 0 aromatic heterocycles. The number of carbonyl (C=O) groups excluding carboxylic acids is 2. The summed E-state index contributed by atoms with van der Waals surface area (Å²) in [4.78, 5) is 41.1. The number of benzene rings is 3. The normalized spacial score (nSPS) is 15.8. The number of hydrogen-bond acceptors (Lipinski definition) is 6. The van der Waals surface area contributed by atoms with Gasteiger partial charge in [-0.25, -0.2) is 4.99 Å². The van der Waals surface area contributed by atoms with Gasteiger partial charge >= 0.3 is 0 Å². The second-order valence-electron chi connectivity index (χ2n) is 7.03. The van der Waals surface area contributed by atoms with Crippen LogP contribution >= 0.6 is 11.8 Å². The molecule has 1 N–H and O–H groups in total. The van der Waals surface area contributed by atoms with Crippen LogP contribution in [-0.4, -0.2) is 26.9 Å². The minimum atomic E-state index is -0.496. The Hall–Kier alpha value is -4.24. The Bertz CT molecular complexity index is 1260. The summed E-state index contributed by atoms with van der Waals surface area (Å²) in [6.45, 7) is 0. The molecule has 3 aromatic carbocycles. The minimum Gasteiger partial charge on any atom is -0.273 e. The van der Waals surface area contributed by atoms with Crippen molar-refractivity contribution in [2.45, 2.75) is 6.42 Å². The maximum atomic E-state index is 13.1. The first-order chi connectivity index (χ1) is 16.0. The molecule has 1 aliphatic heterocycles. The van der Waals surface area contributed by atoms with E-state index in [1.807, 2.05) is 48.5 Å².